The van der Waals surface area contributed by atoms with Crippen LogP contribution in [0.25, 0.3) is 0 Å². The third-order valence-electron chi connectivity index (χ3n) is 3.68. The van der Waals surface area contributed by atoms with Crippen molar-refractivity contribution in [2.75, 3.05) is 11.3 Å². The molecule has 0 bridgehead atoms. The topological polar surface area (TPSA) is 72.5 Å². The highest BCUT2D eigenvalue weighted by Crippen LogP contribution is 2.40. The van der Waals surface area contributed by atoms with Gasteiger partial charge in [0.2, 0.25) is 0 Å². The van der Waals surface area contributed by atoms with E-state index < -0.39 is 16.0 Å². The van der Waals surface area contributed by atoms with Crippen LogP contribution < -0.4 is 4.72 Å². The molecule has 0 spiro atoms. The summed E-state index contributed by atoms with van der Waals surface area (Å²) >= 11 is 1.33. The number of carbonyl (C=O) groups excluding carboxylic acids is 1. The van der Waals surface area contributed by atoms with Gasteiger partial charge in [-0.15, -0.1) is 11.3 Å². The molecule has 1 heterocycles. The Hall–Kier alpha value is -1.86. The van der Waals surface area contributed by atoms with Crippen LogP contribution in [0.2, 0.25) is 0 Å². The van der Waals surface area contributed by atoms with Gasteiger partial charge in [-0.1, -0.05) is 18.2 Å². The Morgan fingerprint density at radius 2 is 2.00 bits per heavy atom. The second kappa shape index (κ2) is 6.33. The molecule has 1 aromatic heterocycles. The molecule has 5 nitrogen and oxygen atoms in total. The lowest BCUT2D eigenvalue weighted by Gasteiger charge is -2.09. The number of ether oxygens (including phenoxy) is 1. The lowest BCUT2D eigenvalue weighted by molar-refractivity contribution is 0.0527. The van der Waals surface area contributed by atoms with Crippen molar-refractivity contribution in [1.29, 1.82) is 0 Å². The minimum absolute atomic E-state index is 0.170. The fourth-order valence-electron chi connectivity index (χ4n) is 2.68. The molecule has 0 amide bonds. The molecule has 0 aliphatic heterocycles. The third-order valence-corrected chi connectivity index (χ3v) is 6.38. The SMILES string of the molecule is CCOC(=O)c1c(NS(=O)(=O)c2ccccc2)sc2c1CCC2. The molecule has 0 atom stereocenters. The molecule has 0 saturated carbocycles. The minimum Gasteiger partial charge on any atom is -0.462 e. The summed E-state index contributed by atoms with van der Waals surface area (Å²) < 4.78 is 32.7. The highest BCUT2D eigenvalue weighted by molar-refractivity contribution is 7.93. The number of anilines is 1. The van der Waals surface area contributed by atoms with Gasteiger partial charge in [-0.25, -0.2) is 13.2 Å². The van der Waals surface area contributed by atoms with Gasteiger partial charge in [0.05, 0.1) is 17.1 Å². The van der Waals surface area contributed by atoms with E-state index in [2.05, 4.69) is 4.72 Å². The number of benzene rings is 1. The van der Waals surface area contributed by atoms with Crippen molar-refractivity contribution < 1.29 is 17.9 Å². The Morgan fingerprint density at radius 1 is 1.26 bits per heavy atom. The van der Waals surface area contributed by atoms with Crippen molar-refractivity contribution in [3.63, 3.8) is 0 Å². The standard InChI is InChI=1S/C16H17NO4S2/c1-2-21-16(18)14-12-9-6-10-13(12)22-15(14)17-23(19,20)11-7-4-3-5-8-11/h3-5,7-8,17H,2,6,9-10H2,1H3. The first-order chi connectivity index (χ1) is 11.0. The molecule has 2 aromatic rings. The van der Waals surface area contributed by atoms with E-state index in [1.54, 1.807) is 25.1 Å². The molecule has 1 aliphatic carbocycles. The van der Waals surface area contributed by atoms with Crippen LogP contribution in [0.5, 0.6) is 0 Å². The van der Waals surface area contributed by atoms with Gasteiger partial charge < -0.3 is 4.74 Å². The third kappa shape index (κ3) is 3.11. The molecule has 1 aliphatic rings. The van der Waals surface area contributed by atoms with Crippen LogP contribution >= 0.6 is 11.3 Å². The Kier molecular flexibility index (Phi) is 4.41. The molecule has 0 saturated heterocycles. The average molecular weight is 351 g/mol. The number of hydrogen-bond donors (Lipinski definition) is 1. The molecule has 0 unspecified atom stereocenters. The number of fused-ring (bicyclic) bond motifs is 1. The van der Waals surface area contributed by atoms with Crippen molar-refractivity contribution in [2.24, 2.45) is 0 Å². The number of carbonyl (C=O) groups is 1. The summed E-state index contributed by atoms with van der Waals surface area (Å²) in [5, 5.41) is 0.358. The van der Waals surface area contributed by atoms with Gasteiger partial charge in [0.15, 0.2) is 0 Å². The Bertz CT molecular complexity index is 825. The maximum atomic E-state index is 12.5. The summed E-state index contributed by atoms with van der Waals surface area (Å²) in [7, 11) is -3.72. The number of sulfonamides is 1. The second-order valence-electron chi connectivity index (χ2n) is 5.20. The van der Waals surface area contributed by atoms with Gasteiger partial charge in [0, 0.05) is 4.88 Å². The Morgan fingerprint density at radius 3 is 2.70 bits per heavy atom. The molecular weight excluding hydrogens is 334 g/mol. The number of thiophene rings is 1. The summed E-state index contributed by atoms with van der Waals surface area (Å²) in [5.41, 5.74) is 1.31. The number of rotatable bonds is 5. The first-order valence-corrected chi connectivity index (χ1v) is 9.72. The number of hydrogen-bond acceptors (Lipinski definition) is 5. The normalized spacial score (nSPS) is 13.6. The van der Waals surface area contributed by atoms with E-state index >= 15 is 0 Å². The highest BCUT2D eigenvalue weighted by atomic mass is 32.2. The number of nitrogens with one attached hydrogen (secondary N) is 1. The average Bonchev–Trinajstić information content (AvgIpc) is 3.08. The number of aryl methyl sites for hydroxylation is 1. The van der Waals surface area contributed by atoms with E-state index in [9.17, 15) is 13.2 Å². The molecule has 1 N–H and O–H groups in total. The zero-order valence-electron chi connectivity index (χ0n) is 12.7. The fourth-order valence-corrected chi connectivity index (χ4v) is 5.28. The van der Waals surface area contributed by atoms with Gasteiger partial charge in [-0.2, -0.15) is 0 Å². The van der Waals surface area contributed by atoms with Crippen LogP contribution in [0.3, 0.4) is 0 Å². The predicted octanol–water partition coefficient (Wildman–Crippen LogP) is 3.21. The Balaban J connectivity index is 1.99. The molecule has 122 valence electrons. The van der Waals surface area contributed by atoms with E-state index in [-0.39, 0.29) is 11.5 Å². The van der Waals surface area contributed by atoms with Gasteiger partial charge >= 0.3 is 5.97 Å². The molecule has 0 radical (unpaired) electrons. The highest BCUT2D eigenvalue weighted by Gasteiger charge is 2.29. The minimum atomic E-state index is -3.72. The van der Waals surface area contributed by atoms with Crippen molar-refractivity contribution >= 4 is 32.3 Å². The van der Waals surface area contributed by atoms with E-state index in [0.29, 0.717) is 10.6 Å². The van der Waals surface area contributed by atoms with Crippen LogP contribution in [0.1, 0.15) is 34.1 Å². The summed E-state index contributed by atoms with van der Waals surface area (Å²) in [6, 6.07) is 8.12. The van der Waals surface area contributed by atoms with Crippen molar-refractivity contribution in [2.45, 2.75) is 31.1 Å². The van der Waals surface area contributed by atoms with Crippen LogP contribution in [-0.4, -0.2) is 21.0 Å². The smallest absolute Gasteiger partial charge is 0.341 e. The second-order valence-corrected chi connectivity index (χ2v) is 7.99. The van der Waals surface area contributed by atoms with Crippen LogP contribution in [0.4, 0.5) is 5.00 Å². The monoisotopic (exact) mass is 351 g/mol. The van der Waals surface area contributed by atoms with Crippen LogP contribution in [-0.2, 0) is 27.6 Å². The fraction of sp³-hybridized carbons (Fsp3) is 0.312. The largest absolute Gasteiger partial charge is 0.462 e. The van der Waals surface area contributed by atoms with Gasteiger partial charge in [-0.3, -0.25) is 4.72 Å². The lowest BCUT2D eigenvalue weighted by Crippen LogP contribution is -2.15. The quantitative estimate of drug-likeness (QED) is 0.840. The molecule has 0 fully saturated rings. The lowest BCUT2D eigenvalue weighted by atomic mass is 10.1. The Labute approximate surface area is 139 Å². The summed E-state index contributed by atoms with van der Waals surface area (Å²) in [6.07, 6.45) is 2.64. The van der Waals surface area contributed by atoms with E-state index in [0.717, 1.165) is 29.7 Å². The van der Waals surface area contributed by atoms with Gasteiger partial charge in [-0.05, 0) is 43.9 Å². The van der Waals surface area contributed by atoms with Crippen molar-refractivity contribution in [1.82, 2.24) is 0 Å². The van der Waals surface area contributed by atoms with E-state index in [1.165, 1.54) is 23.5 Å². The summed E-state index contributed by atoms with van der Waals surface area (Å²) in [4.78, 5) is 13.5. The van der Waals surface area contributed by atoms with E-state index in [1.807, 2.05) is 0 Å². The van der Waals surface area contributed by atoms with Gasteiger partial charge in [0.1, 0.15) is 5.00 Å². The van der Waals surface area contributed by atoms with Crippen molar-refractivity contribution in [3.05, 3.63) is 46.3 Å². The molecule has 3 rings (SSSR count). The first kappa shape index (κ1) is 16.0. The maximum Gasteiger partial charge on any atom is 0.341 e. The summed E-state index contributed by atoms with van der Waals surface area (Å²) in [6.45, 7) is 1.99. The number of esters is 1. The van der Waals surface area contributed by atoms with Crippen molar-refractivity contribution in [3.8, 4) is 0 Å². The molecule has 1 aromatic carbocycles. The van der Waals surface area contributed by atoms with Crippen LogP contribution in [0, 0.1) is 0 Å². The molecular formula is C16H17NO4S2. The first-order valence-electron chi connectivity index (χ1n) is 7.42. The zero-order valence-corrected chi connectivity index (χ0v) is 14.3. The molecule has 23 heavy (non-hydrogen) atoms. The van der Waals surface area contributed by atoms with Gasteiger partial charge in [0.25, 0.3) is 10.0 Å². The van der Waals surface area contributed by atoms with E-state index in [4.69, 9.17) is 4.74 Å². The summed E-state index contributed by atoms with van der Waals surface area (Å²) in [5.74, 6) is -0.460. The predicted molar refractivity (Wildman–Crippen MR) is 89.6 cm³/mol. The molecule has 7 heteroatoms. The van der Waals surface area contributed by atoms with Crippen LogP contribution in [0.15, 0.2) is 35.2 Å². The zero-order chi connectivity index (χ0) is 16.4. The maximum absolute atomic E-state index is 12.5.